The fourth-order valence-corrected chi connectivity index (χ4v) is 3.96. The van der Waals surface area contributed by atoms with Crippen LogP contribution in [0.15, 0.2) is 35.8 Å². The monoisotopic (exact) mass is 345 g/mol. The molecule has 1 aliphatic heterocycles. The lowest BCUT2D eigenvalue weighted by Gasteiger charge is -2.22. The summed E-state index contributed by atoms with van der Waals surface area (Å²) in [6.07, 6.45) is 4.68. The number of benzene rings is 1. The second-order valence-corrected chi connectivity index (χ2v) is 6.83. The standard InChI is InChI=1S/C18H23N3O2S/c1-23-16-7-3-2-5-14(16)13-20-17(22)8-11-21-10-4-6-15(21)18-19-9-12-24-18/h2-3,5,7,9,12,15H,4,6,8,10-11,13H2,1H3,(H,20,22). The Bertz CT molecular complexity index is 660. The number of rotatable bonds is 7. The summed E-state index contributed by atoms with van der Waals surface area (Å²) in [5.41, 5.74) is 0.996. The molecule has 1 fully saturated rings. The van der Waals surface area contributed by atoms with Crippen LogP contribution in [0.5, 0.6) is 5.75 Å². The van der Waals surface area contributed by atoms with Crippen LogP contribution in [0, 0.1) is 0 Å². The minimum Gasteiger partial charge on any atom is -0.496 e. The third-order valence-corrected chi connectivity index (χ3v) is 5.27. The van der Waals surface area contributed by atoms with Crippen LogP contribution in [0.2, 0.25) is 0 Å². The lowest BCUT2D eigenvalue weighted by molar-refractivity contribution is -0.121. The van der Waals surface area contributed by atoms with Crippen LogP contribution >= 0.6 is 11.3 Å². The number of nitrogens with one attached hydrogen (secondary N) is 1. The van der Waals surface area contributed by atoms with Crippen molar-refractivity contribution in [3.63, 3.8) is 0 Å². The summed E-state index contributed by atoms with van der Waals surface area (Å²) in [5, 5.41) is 6.18. The normalized spacial score (nSPS) is 17.8. The van der Waals surface area contributed by atoms with Gasteiger partial charge in [-0.2, -0.15) is 0 Å². The Balaban J connectivity index is 1.47. The highest BCUT2D eigenvalue weighted by Crippen LogP contribution is 2.32. The maximum Gasteiger partial charge on any atom is 0.221 e. The smallest absolute Gasteiger partial charge is 0.221 e. The van der Waals surface area contributed by atoms with Gasteiger partial charge in [0.15, 0.2) is 0 Å². The zero-order valence-corrected chi connectivity index (χ0v) is 14.7. The van der Waals surface area contributed by atoms with E-state index in [1.807, 2.05) is 35.8 Å². The number of aromatic nitrogens is 1. The number of hydrogen-bond donors (Lipinski definition) is 1. The molecule has 1 atom stereocenters. The highest BCUT2D eigenvalue weighted by atomic mass is 32.1. The van der Waals surface area contributed by atoms with Crippen LogP contribution in [-0.4, -0.2) is 36.0 Å². The minimum atomic E-state index is 0.0747. The van der Waals surface area contributed by atoms with E-state index in [1.54, 1.807) is 18.4 Å². The minimum absolute atomic E-state index is 0.0747. The second-order valence-electron chi connectivity index (χ2n) is 5.90. The Hall–Kier alpha value is -1.92. The van der Waals surface area contributed by atoms with Crippen molar-refractivity contribution in [2.75, 3.05) is 20.2 Å². The molecule has 0 spiro atoms. The Kier molecular flexibility index (Phi) is 5.82. The summed E-state index contributed by atoms with van der Waals surface area (Å²) in [6, 6.07) is 8.14. The zero-order chi connectivity index (χ0) is 16.8. The van der Waals surface area contributed by atoms with Gasteiger partial charge >= 0.3 is 0 Å². The second kappa shape index (κ2) is 8.26. The number of methoxy groups -OCH3 is 1. The van der Waals surface area contributed by atoms with E-state index >= 15 is 0 Å². The first-order valence-electron chi connectivity index (χ1n) is 8.30. The van der Waals surface area contributed by atoms with Crippen LogP contribution in [0.25, 0.3) is 0 Å². The average Bonchev–Trinajstić information content (AvgIpc) is 3.29. The van der Waals surface area contributed by atoms with Crippen LogP contribution < -0.4 is 10.1 Å². The van der Waals surface area contributed by atoms with E-state index in [4.69, 9.17) is 4.74 Å². The maximum atomic E-state index is 12.2. The number of amides is 1. The molecular weight excluding hydrogens is 322 g/mol. The van der Waals surface area contributed by atoms with Gasteiger partial charge in [-0.05, 0) is 25.5 Å². The first kappa shape index (κ1) is 16.9. The molecule has 1 saturated heterocycles. The van der Waals surface area contributed by atoms with Crippen molar-refractivity contribution in [1.29, 1.82) is 0 Å². The van der Waals surface area contributed by atoms with Crippen molar-refractivity contribution in [2.24, 2.45) is 0 Å². The molecule has 128 valence electrons. The quantitative estimate of drug-likeness (QED) is 0.838. The van der Waals surface area contributed by atoms with E-state index in [0.29, 0.717) is 19.0 Å². The summed E-state index contributed by atoms with van der Waals surface area (Å²) in [4.78, 5) is 19.0. The van der Waals surface area contributed by atoms with Gasteiger partial charge in [-0.1, -0.05) is 18.2 Å². The fraction of sp³-hybridized carbons (Fsp3) is 0.444. The molecule has 1 N–H and O–H groups in total. The summed E-state index contributed by atoms with van der Waals surface area (Å²) < 4.78 is 5.31. The summed E-state index contributed by atoms with van der Waals surface area (Å²) in [5.74, 6) is 0.881. The van der Waals surface area contributed by atoms with E-state index in [1.165, 1.54) is 11.4 Å². The molecule has 0 aliphatic carbocycles. The molecule has 1 aromatic carbocycles. The zero-order valence-electron chi connectivity index (χ0n) is 13.9. The molecule has 5 nitrogen and oxygen atoms in total. The highest BCUT2D eigenvalue weighted by molar-refractivity contribution is 7.09. The Morgan fingerprint density at radius 3 is 3.12 bits per heavy atom. The van der Waals surface area contributed by atoms with E-state index < -0.39 is 0 Å². The average molecular weight is 345 g/mol. The molecule has 6 heteroatoms. The molecule has 24 heavy (non-hydrogen) atoms. The molecule has 0 saturated carbocycles. The summed E-state index contributed by atoms with van der Waals surface area (Å²) in [7, 11) is 1.65. The van der Waals surface area contributed by atoms with Gasteiger partial charge in [0.05, 0.1) is 13.2 Å². The lowest BCUT2D eigenvalue weighted by atomic mass is 10.2. The molecule has 0 bridgehead atoms. The van der Waals surface area contributed by atoms with Crippen LogP contribution in [0.1, 0.15) is 35.9 Å². The number of carbonyl (C=O) groups excluding carboxylic acids is 1. The third-order valence-electron chi connectivity index (χ3n) is 4.39. The van der Waals surface area contributed by atoms with E-state index in [-0.39, 0.29) is 5.91 Å². The predicted molar refractivity (Wildman–Crippen MR) is 95.1 cm³/mol. The van der Waals surface area contributed by atoms with E-state index in [0.717, 1.165) is 30.8 Å². The van der Waals surface area contributed by atoms with E-state index in [9.17, 15) is 4.79 Å². The molecule has 2 heterocycles. The number of likely N-dealkylation sites (tertiary alicyclic amines) is 1. The van der Waals surface area contributed by atoms with Gasteiger partial charge in [0.2, 0.25) is 5.91 Å². The number of nitrogens with zero attached hydrogens (tertiary/aromatic N) is 2. The van der Waals surface area contributed by atoms with Gasteiger partial charge < -0.3 is 10.1 Å². The number of hydrogen-bond acceptors (Lipinski definition) is 5. The van der Waals surface area contributed by atoms with Gasteiger partial charge in [0, 0.05) is 36.7 Å². The molecule has 0 radical (unpaired) electrons. The SMILES string of the molecule is COc1ccccc1CNC(=O)CCN1CCCC1c1nccs1. The highest BCUT2D eigenvalue weighted by Gasteiger charge is 2.27. The fourth-order valence-electron chi connectivity index (χ4n) is 3.15. The number of carbonyl (C=O) groups is 1. The first-order valence-corrected chi connectivity index (χ1v) is 9.18. The predicted octanol–water partition coefficient (Wildman–Crippen LogP) is 3.00. The van der Waals surface area contributed by atoms with Gasteiger partial charge in [-0.15, -0.1) is 11.3 Å². The molecular formula is C18H23N3O2S. The molecule has 3 rings (SSSR count). The van der Waals surface area contributed by atoms with Gasteiger partial charge in [-0.3, -0.25) is 9.69 Å². The summed E-state index contributed by atoms with van der Waals surface area (Å²) >= 11 is 1.70. The van der Waals surface area contributed by atoms with Gasteiger partial charge in [0.25, 0.3) is 0 Å². The Morgan fingerprint density at radius 1 is 1.46 bits per heavy atom. The lowest BCUT2D eigenvalue weighted by Crippen LogP contribution is -2.30. The largest absolute Gasteiger partial charge is 0.496 e. The van der Waals surface area contributed by atoms with Crippen LogP contribution in [0.4, 0.5) is 0 Å². The van der Waals surface area contributed by atoms with Crippen molar-refractivity contribution in [3.05, 3.63) is 46.4 Å². The van der Waals surface area contributed by atoms with Crippen molar-refractivity contribution < 1.29 is 9.53 Å². The third kappa shape index (κ3) is 4.13. The van der Waals surface area contributed by atoms with Gasteiger partial charge in [0.1, 0.15) is 10.8 Å². The first-order chi connectivity index (χ1) is 11.8. The molecule has 1 aromatic heterocycles. The molecule has 1 aliphatic rings. The summed E-state index contributed by atoms with van der Waals surface area (Å²) in [6.45, 7) is 2.32. The molecule has 1 unspecified atom stereocenters. The maximum absolute atomic E-state index is 12.2. The van der Waals surface area contributed by atoms with Crippen LogP contribution in [-0.2, 0) is 11.3 Å². The number of thiazole rings is 1. The van der Waals surface area contributed by atoms with Crippen molar-refractivity contribution in [2.45, 2.75) is 31.8 Å². The van der Waals surface area contributed by atoms with E-state index in [2.05, 4.69) is 15.2 Å². The topological polar surface area (TPSA) is 54.5 Å². The Labute approximate surface area is 146 Å². The van der Waals surface area contributed by atoms with Crippen molar-refractivity contribution in [1.82, 2.24) is 15.2 Å². The van der Waals surface area contributed by atoms with Crippen molar-refractivity contribution >= 4 is 17.2 Å². The number of para-hydroxylation sites is 1. The number of ether oxygens (including phenoxy) is 1. The molecule has 2 aromatic rings. The van der Waals surface area contributed by atoms with Gasteiger partial charge in [-0.25, -0.2) is 4.98 Å². The Morgan fingerprint density at radius 2 is 2.33 bits per heavy atom. The van der Waals surface area contributed by atoms with Crippen molar-refractivity contribution in [3.8, 4) is 5.75 Å². The molecule has 1 amide bonds. The van der Waals surface area contributed by atoms with Crippen LogP contribution in [0.3, 0.4) is 0 Å².